The Morgan fingerprint density at radius 2 is 2.12 bits per heavy atom. The molecule has 0 aromatic carbocycles. The summed E-state index contributed by atoms with van der Waals surface area (Å²) in [7, 11) is -0.873. The minimum atomic E-state index is -2.85. The van der Waals surface area contributed by atoms with Crippen LogP contribution in [0.3, 0.4) is 0 Å². The van der Waals surface area contributed by atoms with Crippen LogP contribution in [0.2, 0.25) is 0 Å². The number of nitrogens with one attached hydrogen (secondary N) is 1. The first kappa shape index (κ1) is 14.3. The van der Waals surface area contributed by atoms with E-state index in [-0.39, 0.29) is 5.25 Å². The molecule has 0 heterocycles. The van der Waals surface area contributed by atoms with Gasteiger partial charge in [0.15, 0.2) is 0 Å². The van der Waals surface area contributed by atoms with Crippen LogP contribution in [0.4, 0.5) is 0 Å². The van der Waals surface area contributed by atoms with Crippen molar-refractivity contribution in [2.45, 2.75) is 37.0 Å². The molecule has 1 aliphatic carbocycles. The third kappa shape index (κ3) is 3.93. The van der Waals surface area contributed by atoms with Gasteiger partial charge in [0.05, 0.1) is 5.25 Å². The van der Waals surface area contributed by atoms with E-state index in [1.54, 1.807) is 0 Å². The van der Waals surface area contributed by atoms with Crippen LogP contribution in [-0.2, 0) is 9.84 Å². The van der Waals surface area contributed by atoms with Gasteiger partial charge in [0.1, 0.15) is 9.84 Å². The van der Waals surface area contributed by atoms with Crippen molar-refractivity contribution < 1.29 is 8.42 Å². The van der Waals surface area contributed by atoms with Crippen molar-refractivity contribution in [3.05, 3.63) is 0 Å². The van der Waals surface area contributed by atoms with Crippen molar-refractivity contribution in [3.63, 3.8) is 0 Å². The molecule has 0 amide bonds. The van der Waals surface area contributed by atoms with Crippen LogP contribution in [0.15, 0.2) is 0 Å². The normalized spacial score (nSPS) is 28.9. The van der Waals surface area contributed by atoms with E-state index in [0.29, 0.717) is 12.0 Å². The van der Waals surface area contributed by atoms with Gasteiger partial charge in [-0.3, -0.25) is 0 Å². The molecule has 1 N–H and O–H groups in total. The fourth-order valence-electron chi connectivity index (χ4n) is 2.57. The Morgan fingerprint density at radius 1 is 1.44 bits per heavy atom. The second kappa shape index (κ2) is 6.26. The van der Waals surface area contributed by atoms with E-state index < -0.39 is 9.84 Å². The minimum absolute atomic E-state index is 0.107. The monoisotopic (exact) mass is 265 g/mol. The SMILES string of the molecule is CNC(CSC)C1CCCC(S(C)(=O)=O)C1. The first-order chi connectivity index (χ1) is 7.49. The average molecular weight is 265 g/mol. The second-order valence-corrected chi connectivity index (χ2v) is 7.97. The number of hydrogen-bond acceptors (Lipinski definition) is 4. The molecule has 0 bridgehead atoms. The lowest BCUT2D eigenvalue weighted by atomic mass is 9.84. The largest absolute Gasteiger partial charge is 0.316 e. The van der Waals surface area contributed by atoms with Crippen LogP contribution >= 0.6 is 11.8 Å². The first-order valence-electron chi connectivity index (χ1n) is 5.84. The molecule has 5 heteroatoms. The van der Waals surface area contributed by atoms with Gasteiger partial charge in [0.2, 0.25) is 0 Å². The van der Waals surface area contributed by atoms with Crippen LogP contribution in [0.25, 0.3) is 0 Å². The highest BCUT2D eigenvalue weighted by molar-refractivity contribution is 7.98. The van der Waals surface area contributed by atoms with Crippen LogP contribution in [0.5, 0.6) is 0 Å². The highest BCUT2D eigenvalue weighted by atomic mass is 32.2. The molecule has 0 radical (unpaired) electrons. The van der Waals surface area contributed by atoms with Gasteiger partial charge in [-0.15, -0.1) is 0 Å². The molecule has 3 atom stereocenters. The van der Waals surface area contributed by atoms with E-state index in [9.17, 15) is 8.42 Å². The van der Waals surface area contributed by atoms with Crippen LogP contribution in [0, 0.1) is 5.92 Å². The molecule has 0 spiro atoms. The van der Waals surface area contributed by atoms with Gasteiger partial charge in [-0.05, 0) is 38.5 Å². The van der Waals surface area contributed by atoms with Gasteiger partial charge in [-0.2, -0.15) is 11.8 Å². The number of thioether (sulfide) groups is 1. The Labute approximate surface area is 104 Å². The maximum absolute atomic E-state index is 11.6. The van der Waals surface area contributed by atoms with Crippen molar-refractivity contribution in [3.8, 4) is 0 Å². The molecule has 0 aliphatic heterocycles. The number of rotatable bonds is 5. The average Bonchev–Trinajstić information content (AvgIpc) is 2.25. The summed E-state index contributed by atoms with van der Waals surface area (Å²) in [5.41, 5.74) is 0. The van der Waals surface area contributed by atoms with Crippen molar-refractivity contribution in [2.75, 3.05) is 25.3 Å². The van der Waals surface area contributed by atoms with Gasteiger partial charge in [0, 0.05) is 18.1 Å². The van der Waals surface area contributed by atoms with Crippen LogP contribution < -0.4 is 5.32 Å². The quantitative estimate of drug-likeness (QED) is 0.819. The summed E-state index contributed by atoms with van der Waals surface area (Å²) in [5, 5.41) is 3.22. The molecular weight excluding hydrogens is 242 g/mol. The molecule has 3 unspecified atom stereocenters. The topological polar surface area (TPSA) is 46.2 Å². The summed E-state index contributed by atoms with van der Waals surface area (Å²) < 4.78 is 23.2. The van der Waals surface area contributed by atoms with E-state index in [0.717, 1.165) is 31.4 Å². The van der Waals surface area contributed by atoms with Crippen molar-refractivity contribution >= 4 is 21.6 Å². The molecule has 0 aromatic heterocycles. The lowest BCUT2D eigenvalue weighted by Crippen LogP contribution is -2.41. The predicted octanol–water partition coefficient (Wildman–Crippen LogP) is 1.54. The van der Waals surface area contributed by atoms with Crippen molar-refractivity contribution in [2.24, 2.45) is 5.92 Å². The summed E-state index contributed by atoms with van der Waals surface area (Å²) >= 11 is 1.82. The molecule has 0 saturated heterocycles. The Morgan fingerprint density at radius 3 is 2.62 bits per heavy atom. The Kier molecular flexibility index (Phi) is 5.61. The Hall–Kier alpha value is 0.260. The predicted molar refractivity (Wildman–Crippen MR) is 71.8 cm³/mol. The van der Waals surface area contributed by atoms with Crippen molar-refractivity contribution in [1.82, 2.24) is 5.32 Å². The smallest absolute Gasteiger partial charge is 0.150 e. The molecule has 1 aliphatic rings. The lowest BCUT2D eigenvalue weighted by Gasteiger charge is -2.33. The summed E-state index contributed by atoms with van der Waals surface area (Å²) in [6, 6.07) is 0.458. The molecule has 16 heavy (non-hydrogen) atoms. The van der Waals surface area contributed by atoms with Gasteiger partial charge >= 0.3 is 0 Å². The molecule has 1 fully saturated rings. The second-order valence-electron chi connectivity index (χ2n) is 4.73. The molecule has 0 aromatic rings. The van der Waals surface area contributed by atoms with Crippen LogP contribution in [-0.4, -0.2) is 45.0 Å². The zero-order chi connectivity index (χ0) is 12.2. The van der Waals surface area contributed by atoms with Gasteiger partial charge in [-0.1, -0.05) is 6.42 Å². The number of sulfone groups is 1. The van der Waals surface area contributed by atoms with E-state index in [4.69, 9.17) is 0 Å². The van der Waals surface area contributed by atoms with Gasteiger partial charge in [-0.25, -0.2) is 8.42 Å². The maximum atomic E-state index is 11.6. The van der Waals surface area contributed by atoms with E-state index in [1.807, 2.05) is 18.8 Å². The third-order valence-corrected chi connectivity index (χ3v) is 5.89. The molecular formula is C11H23NO2S2. The Bertz CT molecular complexity index is 303. The van der Waals surface area contributed by atoms with E-state index >= 15 is 0 Å². The van der Waals surface area contributed by atoms with Gasteiger partial charge < -0.3 is 5.32 Å². The minimum Gasteiger partial charge on any atom is -0.316 e. The summed E-state index contributed by atoms with van der Waals surface area (Å²) in [6.07, 6.45) is 7.38. The number of hydrogen-bond donors (Lipinski definition) is 1. The summed E-state index contributed by atoms with van der Waals surface area (Å²) in [5.74, 6) is 1.59. The molecule has 1 rings (SSSR count). The van der Waals surface area contributed by atoms with E-state index in [1.165, 1.54) is 6.26 Å². The third-order valence-electron chi connectivity index (χ3n) is 3.56. The molecule has 3 nitrogen and oxygen atoms in total. The highest BCUT2D eigenvalue weighted by Gasteiger charge is 2.32. The Balaban J connectivity index is 2.62. The molecule has 96 valence electrons. The summed E-state index contributed by atoms with van der Waals surface area (Å²) in [6.45, 7) is 0. The lowest BCUT2D eigenvalue weighted by molar-refractivity contribution is 0.295. The maximum Gasteiger partial charge on any atom is 0.150 e. The fourth-order valence-corrected chi connectivity index (χ4v) is 4.56. The van der Waals surface area contributed by atoms with Crippen LogP contribution in [0.1, 0.15) is 25.7 Å². The highest BCUT2D eigenvalue weighted by Crippen LogP contribution is 2.31. The van der Waals surface area contributed by atoms with Crippen molar-refractivity contribution in [1.29, 1.82) is 0 Å². The van der Waals surface area contributed by atoms with Gasteiger partial charge in [0.25, 0.3) is 0 Å². The van der Waals surface area contributed by atoms with E-state index in [2.05, 4.69) is 11.6 Å². The zero-order valence-corrected chi connectivity index (χ0v) is 12.0. The first-order valence-corrected chi connectivity index (χ1v) is 9.19. The molecule has 1 saturated carbocycles. The standard InChI is InChI=1S/C11H23NO2S2/c1-12-11(8-15-2)9-5-4-6-10(7-9)16(3,13)14/h9-12H,4-8H2,1-3H3. The summed E-state index contributed by atoms with van der Waals surface area (Å²) in [4.78, 5) is 0. The zero-order valence-electron chi connectivity index (χ0n) is 10.4. The fraction of sp³-hybridized carbons (Fsp3) is 1.00.